The summed E-state index contributed by atoms with van der Waals surface area (Å²) in [6.45, 7) is 1.85. The smallest absolute Gasteiger partial charge is 0.376 e. The minimum absolute atomic E-state index is 0.115. The molecule has 1 N–H and O–H groups in total. The van der Waals surface area contributed by atoms with E-state index in [4.69, 9.17) is 18.6 Å². The maximum Gasteiger partial charge on any atom is 0.376 e. The third kappa shape index (κ3) is 4.33. The molecule has 0 spiro atoms. The van der Waals surface area contributed by atoms with Crippen LogP contribution in [0.15, 0.2) is 51.4 Å². The fourth-order valence-corrected chi connectivity index (χ4v) is 3.41. The largest absolute Gasteiger partial charge is 0.496 e. The highest BCUT2D eigenvalue weighted by molar-refractivity contribution is 9.10. The number of anilines is 1. The Balaban J connectivity index is 2.01. The highest BCUT2D eigenvalue weighted by Crippen LogP contribution is 2.41. The Labute approximate surface area is 181 Å². The first-order valence-electron chi connectivity index (χ1n) is 9.08. The third-order valence-electron chi connectivity index (χ3n) is 4.23. The van der Waals surface area contributed by atoms with Crippen molar-refractivity contribution >= 4 is 50.5 Å². The molecule has 3 rings (SSSR count). The SMILES string of the molecule is CCOC(=O)c1oc2c(OC)ccc(Br)c2c1NC(=O)/C=C/c1ccccc1OC. The number of amides is 1. The minimum atomic E-state index is -0.688. The Bertz CT molecular complexity index is 1120. The summed E-state index contributed by atoms with van der Waals surface area (Å²) in [7, 11) is 3.05. The average molecular weight is 474 g/mol. The summed E-state index contributed by atoms with van der Waals surface area (Å²) in [5, 5.41) is 3.22. The van der Waals surface area contributed by atoms with Gasteiger partial charge in [0.2, 0.25) is 11.7 Å². The molecule has 156 valence electrons. The number of benzene rings is 2. The summed E-state index contributed by atoms with van der Waals surface area (Å²) in [6.07, 6.45) is 2.97. The van der Waals surface area contributed by atoms with Crippen LogP contribution in [0.5, 0.6) is 11.5 Å². The van der Waals surface area contributed by atoms with Crippen LogP contribution < -0.4 is 14.8 Å². The lowest BCUT2D eigenvalue weighted by molar-refractivity contribution is -0.111. The molecule has 0 unspecified atom stereocenters. The molecule has 1 amide bonds. The van der Waals surface area contributed by atoms with Gasteiger partial charge in [0.25, 0.3) is 0 Å². The summed E-state index contributed by atoms with van der Waals surface area (Å²) in [4.78, 5) is 25.1. The van der Waals surface area contributed by atoms with Crippen molar-refractivity contribution in [2.24, 2.45) is 0 Å². The number of para-hydroxylation sites is 1. The van der Waals surface area contributed by atoms with E-state index in [1.165, 1.54) is 13.2 Å². The molecule has 0 aliphatic heterocycles. The molecule has 30 heavy (non-hydrogen) atoms. The number of carbonyl (C=O) groups excluding carboxylic acids is 2. The molecule has 0 atom stereocenters. The molecule has 0 radical (unpaired) electrons. The Morgan fingerprint density at radius 2 is 1.83 bits per heavy atom. The second-order valence-corrected chi connectivity index (χ2v) is 6.90. The van der Waals surface area contributed by atoms with Gasteiger partial charge in [0.15, 0.2) is 11.3 Å². The van der Waals surface area contributed by atoms with Gasteiger partial charge in [-0.05, 0) is 47.1 Å². The van der Waals surface area contributed by atoms with E-state index < -0.39 is 11.9 Å². The predicted octanol–water partition coefficient (Wildman–Crippen LogP) is 5.04. The van der Waals surface area contributed by atoms with Gasteiger partial charge in [0, 0.05) is 16.1 Å². The molecule has 0 aliphatic carbocycles. The molecule has 8 heteroatoms. The molecule has 0 bridgehead atoms. The molecule has 0 fully saturated rings. The number of hydrogen-bond acceptors (Lipinski definition) is 6. The number of carbonyl (C=O) groups is 2. The number of esters is 1. The van der Waals surface area contributed by atoms with E-state index in [1.807, 2.05) is 18.2 Å². The quantitative estimate of drug-likeness (QED) is 0.382. The topological polar surface area (TPSA) is 87.0 Å². The maximum atomic E-state index is 12.6. The zero-order chi connectivity index (χ0) is 21.7. The first-order chi connectivity index (χ1) is 14.5. The first-order valence-corrected chi connectivity index (χ1v) is 9.87. The van der Waals surface area contributed by atoms with E-state index in [0.717, 1.165) is 5.56 Å². The van der Waals surface area contributed by atoms with Crippen molar-refractivity contribution in [2.45, 2.75) is 6.92 Å². The van der Waals surface area contributed by atoms with Crippen molar-refractivity contribution < 1.29 is 28.2 Å². The minimum Gasteiger partial charge on any atom is -0.496 e. The van der Waals surface area contributed by atoms with E-state index in [1.54, 1.807) is 38.3 Å². The highest BCUT2D eigenvalue weighted by Gasteiger charge is 2.26. The molecule has 3 aromatic rings. The second-order valence-electron chi connectivity index (χ2n) is 6.04. The van der Waals surface area contributed by atoms with Gasteiger partial charge in [-0.2, -0.15) is 0 Å². The molecular weight excluding hydrogens is 454 g/mol. The fourth-order valence-electron chi connectivity index (χ4n) is 2.90. The number of nitrogens with one attached hydrogen (secondary N) is 1. The number of furan rings is 1. The van der Waals surface area contributed by atoms with Crippen LogP contribution in [0, 0.1) is 0 Å². The molecule has 1 heterocycles. The first kappa shape index (κ1) is 21.4. The Morgan fingerprint density at radius 1 is 1.10 bits per heavy atom. The lowest BCUT2D eigenvalue weighted by atomic mass is 10.2. The maximum absolute atomic E-state index is 12.6. The predicted molar refractivity (Wildman–Crippen MR) is 117 cm³/mol. The van der Waals surface area contributed by atoms with Gasteiger partial charge < -0.3 is 23.9 Å². The van der Waals surface area contributed by atoms with Crippen molar-refractivity contribution in [3.05, 3.63) is 58.3 Å². The van der Waals surface area contributed by atoms with Gasteiger partial charge in [-0.25, -0.2) is 4.79 Å². The zero-order valence-electron chi connectivity index (χ0n) is 16.7. The number of ether oxygens (including phenoxy) is 3. The number of fused-ring (bicyclic) bond motifs is 1. The Morgan fingerprint density at radius 3 is 2.53 bits per heavy atom. The van der Waals surface area contributed by atoms with E-state index >= 15 is 0 Å². The van der Waals surface area contributed by atoms with Crippen LogP contribution in [0.25, 0.3) is 17.0 Å². The summed E-state index contributed by atoms with van der Waals surface area (Å²) < 4.78 is 22.0. The van der Waals surface area contributed by atoms with Crippen molar-refractivity contribution in [3.63, 3.8) is 0 Å². The van der Waals surface area contributed by atoms with E-state index in [2.05, 4.69) is 21.2 Å². The number of rotatable bonds is 7. The number of hydrogen-bond donors (Lipinski definition) is 1. The molecule has 0 saturated heterocycles. The summed E-state index contributed by atoms with van der Waals surface area (Å²) in [6, 6.07) is 10.7. The van der Waals surface area contributed by atoms with Gasteiger partial charge in [0.1, 0.15) is 11.4 Å². The second kappa shape index (κ2) is 9.49. The normalized spacial score (nSPS) is 10.9. The lowest BCUT2D eigenvalue weighted by Crippen LogP contribution is -2.12. The van der Waals surface area contributed by atoms with Crippen molar-refractivity contribution in [1.29, 1.82) is 0 Å². The third-order valence-corrected chi connectivity index (χ3v) is 4.89. The number of halogens is 1. The Kier molecular flexibility index (Phi) is 6.79. The summed E-state index contributed by atoms with van der Waals surface area (Å²) in [5.74, 6) is -0.203. The summed E-state index contributed by atoms with van der Waals surface area (Å²) in [5.41, 5.74) is 1.25. The van der Waals surface area contributed by atoms with Crippen LogP contribution in [0.1, 0.15) is 23.0 Å². The molecule has 0 aliphatic rings. The van der Waals surface area contributed by atoms with Gasteiger partial charge >= 0.3 is 5.97 Å². The van der Waals surface area contributed by atoms with Crippen LogP contribution in [0.4, 0.5) is 5.69 Å². The molecule has 2 aromatic carbocycles. The highest BCUT2D eigenvalue weighted by atomic mass is 79.9. The Hall–Kier alpha value is -3.26. The number of methoxy groups -OCH3 is 2. The average Bonchev–Trinajstić information content (AvgIpc) is 3.13. The van der Waals surface area contributed by atoms with Gasteiger partial charge in [-0.1, -0.05) is 18.2 Å². The molecular formula is C22H20BrNO6. The van der Waals surface area contributed by atoms with E-state index in [0.29, 0.717) is 26.9 Å². The fraction of sp³-hybridized carbons (Fsp3) is 0.182. The van der Waals surface area contributed by atoms with Crippen LogP contribution in [0.2, 0.25) is 0 Å². The van der Waals surface area contributed by atoms with Gasteiger partial charge in [-0.15, -0.1) is 0 Å². The standard InChI is InChI=1S/C22H20BrNO6/c1-4-29-22(26)21-19(18-14(23)10-11-16(28-3)20(18)30-21)24-17(25)12-9-13-7-5-6-8-15(13)27-2/h5-12H,4H2,1-3H3,(H,24,25)/b12-9+. The molecule has 0 saturated carbocycles. The van der Waals surface area contributed by atoms with Gasteiger partial charge in [0.05, 0.1) is 26.2 Å². The molecule has 7 nitrogen and oxygen atoms in total. The summed E-state index contributed by atoms with van der Waals surface area (Å²) >= 11 is 3.44. The van der Waals surface area contributed by atoms with Crippen molar-refractivity contribution in [2.75, 3.05) is 26.1 Å². The van der Waals surface area contributed by atoms with Gasteiger partial charge in [-0.3, -0.25) is 4.79 Å². The van der Waals surface area contributed by atoms with Crippen LogP contribution in [0.3, 0.4) is 0 Å². The van der Waals surface area contributed by atoms with Crippen LogP contribution >= 0.6 is 15.9 Å². The van der Waals surface area contributed by atoms with Crippen LogP contribution in [-0.2, 0) is 9.53 Å². The molecule has 1 aromatic heterocycles. The lowest BCUT2D eigenvalue weighted by Gasteiger charge is -2.06. The van der Waals surface area contributed by atoms with Crippen molar-refractivity contribution in [1.82, 2.24) is 0 Å². The monoisotopic (exact) mass is 473 g/mol. The van der Waals surface area contributed by atoms with Crippen LogP contribution in [-0.4, -0.2) is 32.7 Å². The zero-order valence-corrected chi connectivity index (χ0v) is 18.2. The van der Waals surface area contributed by atoms with E-state index in [-0.39, 0.29) is 18.1 Å². The van der Waals surface area contributed by atoms with E-state index in [9.17, 15) is 9.59 Å². The van der Waals surface area contributed by atoms with Crippen molar-refractivity contribution in [3.8, 4) is 11.5 Å².